The standard InChI is InChI=1S/C32H32F3N7O3S/c1-21(2)26-7-4-5-8-27(26)41-28(43)20-46-31(41)39-37-19-22-9-11-23(12-10-22)29-38-30(36-17-6-18-44-3)42(40-29)24-13-15-25(16-14-24)45-32(33,34)35/h4-5,7-16,19,21H,6,17-18,20H2,1-3H3,(H,36,38,40)/b37-19+,39-31-. The predicted molar refractivity (Wildman–Crippen MR) is 174 cm³/mol. The van der Waals surface area contributed by atoms with E-state index in [0.717, 1.165) is 16.8 Å². The summed E-state index contributed by atoms with van der Waals surface area (Å²) in [7, 11) is 1.61. The normalized spacial score (nSPS) is 14.6. The van der Waals surface area contributed by atoms with Crippen LogP contribution in [0.25, 0.3) is 17.1 Å². The van der Waals surface area contributed by atoms with Gasteiger partial charge in [-0.15, -0.1) is 23.4 Å². The van der Waals surface area contributed by atoms with E-state index in [1.54, 1.807) is 18.2 Å². The minimum atomic E-state index is -4.78. The second-order valence-corrected chi connectivity index (χ2v) is 11.4. The van der Waals surface area contributed by atoms with Crippen molar-refractivity contribution in [2.75, 3.05) is 36.2 Å². The van der Waals surface area contributed by atoms with Crippen LogP contribution in [0.15, 0.2) is 83.0 Å². The Bertz CT molecular complexity index is 1710. The first kappa shape index (κ1) is 32.7. The van der Waals surface area contributed by atoms with Crippen LogP contribution in [0.1, 0.15) is 37.3 Å². The highest BCUT2D eigenvalue weighted by Gasteiger charge is 2.32. The van der Waals surface area contributed by atoms with Crippen LogP contribution in [0, 0.1) is 0 Å². The fourth-order valence-corrected chi connectivity index (χ4v) is 5.47. The summed E-state index contributed by atoms with van der Waals surface area (Å²) in [6.07, 6.45) is -2.47. The number of carbonyl (C=O) groups excluding carboxylic acids is 1. The summed E-state index contributed by atoms with van der Waals surface area (Å²) >= 11 is 1.35. The van der Waals surface area contributed by atoms with Crippen LogP contribution >= 0.6 is 11.8 Å². The van der Waals surface area contributed by atoms with E-state index in [9.17, 15) is 18.0 Å². The number of benzene rings is 3. The summed E-state index contributed by atoms with van der Waals surface area (Å²) in [6, 6.07) is 20.5. The number of hydrogen-bond acceptors (Lipinski definition) is 9. The third-order valence-electron chi connectivity index (χ3n) is 6.81. The lowest BCUT2D eigenvalue weighted by atomic mass is 10.0. The Balaban J connectivity index is 1.34. The van der Waals surface area contributed by atoms with Crippen molar-refractivity contribution in [1.29, 1.82) is 0 Å². The minimum Gasteiger partial charge on any atom is -0.406 e. The number of para-hydroxylation sites is 1. The first-order chi connectivity index (χ1) is 22.1. The molecule has 4 aromatic rings. The number of nitrogens with zero attached hydrogens (tertiary/aromatic N) is 6. The summed E-state index contributed by atoms with van der Waals surface area (Å²) in [6.45, 7) is 5.26. The molecule has 240 valence electrons. The molecule has 10 nitrogen and oxygen atoms in total. The van der Waals surface area contributed by atoms with Crippen molar-refractivity contribution in [1.82, 2.24) is 14.8 Å². The van der Waals surface area contributed by atoms with Crippen LogP contribution in [0.2, 0.25) is 0 Å². The SMILES string of the molecule is COCCCNc1nc(-c2ccc(/C=N/N=C3\SCC(=O)N3c3ccccc3C(C)C)cc2)nn1-c1ccc(OC(F)(F)F)cc1. The largest absolute Gasteiger partial charge is 0.573 e. The molecule has 0 aliphatic carbocycles. The van der Waals surface area contributed by atoms with Crippen LogP contribution in [0.3, 0.4) is 0 Å². The van der Waals surface area contributed by atoms with Crippen molar-refractivity contribution in [2.24, 2.45) is 10.2 Å². The van der Waals surface area contributed by atoms with Gasteiger partial charge >= 0.3 is 6.36 Å². The minimum absolute atomic E-state index is 0.0403. The quantitative estimate of drug-likeness (QED) is 0.101. The maximum atomic E-state index is 12.7. The van der Waals surface area contributed by atoms with Crippen molar-refractivity contribution in [3.05, 3.63) is 83.9 Å². The summed E-state index contributed by atoms with van der Waals surface area (Å²) in [5.41, 5.74) is 3.86. The van der Waals surface area contributed by atoms with Crippen molar-refractivity contribution in [3.8, 4) is 22.8 Å². The molecule has 0 bridgehead atoms. The van der Waals surface area contributed by atoms with Crippen LogP contribution in [-0.4, -0.2) is 64.4 Å². The molecule has 5 rings (SSSR count). The summed E-state index contributed by atoms with van der Waals surface area (Å²) in [4.78, 5) is 19.0. The number of rotatable bonds is 12. The number of hydrogen-bond donors (Lipinski definition) is 1. The molecule has 1 aromatic heterocycles. The molecule has 0 atom stereocenters. The number of ether oxygens (including phenoxy) is 2. The van der Waals surface area contributed by atoms with E-state index in [4.69, 9.17) is 4.74 Å². The molecule has 46 heavy (non-hydrogen) atoms. The summed E-state index contributed by atoms with van der Waals surface area (Å²) < 4.78 is 48.5. The lowest BCUT2D eigenvalue weighted by Crippen LogP contribution is -2.30. The molecule has 1 amide bonds. The molecule has 1 saturated heterocycles. The smallest absolute Gasteiger partial charge is 0.406 e. The molecule has 1 N–H and O–H groups in total. The molecule has 0 unspecified atom stereocenters. The molecule has 1 fully saturated rings. The number of amides is 1. The average Bonchev–Trinajstić information content (AvgIpc) is 3.62. The van der Waals surface area contributed by atoms with E-state index >= 15 is 0 Å². The molecule has 0 radical (unpaired) electrons. The molecule has 3 aromatic carbocycles. The highest BCUT2D eigenvalue weighted by atomic mass is 32.2. The van der Waals surface area contributed by atoms with E-state index in [0.29, 0.717) is 53.5 Å². The number of halogens is 3. The van der Waals surface area contributed by atoms with Crippen molar-refractivity contribution in [2.45, 2.75) is 32.5 Å². The van der Waals surface area contributed by atoms with Gasteiger partial charge < -0.3 is 14.8 Å². The van der Waals surface area contributed by atoms with Crippen LogP contribution in [-0.2, 0) is 9.53 Å². The van der Waals surface area contributed by atoms with Gasteiger partial charge in [-0.3, -0.25) is 9.69 Å². The van der Waals surface area contributed by atoms with Gasteiger partial charge in [-0.05, 0) is 53.8 Å². The van der Waals surface area contributed by atoms with E-state index in [2.05, 4.69) is 44.2 Å². The number of aromatic nitrogens is 3. The molecular formula is C32H32F3N7O3S. The number of nitrogens with one attached hydrogen (secondary N) is 1. The molecule has 1 aliphatic rings. The number of amidine groups is 1. The van der Waals surface area contributed by atoms with Gasteiger partial charge in [0.1, 0.15) is 5.75 Å². The molecule has 2 heterocycles. The Hall–Kier alpha value is -4.69. The third kappa shape index (κ3) is 8.12. The van der Waals surface area contributed by atoms with Crippen molar-refractivity contribution >= 4 is 40.7 Å². The Morgan fingerprint density at radius 2 is 1.80 bits per heavy atom. The molecule has 1 aliphatic heterocycles. The van der Waals surface area contributed by atoms with Gasteiger partial charge in [0, 0.05) is 25.8 Å². The topological polar surface area (TPSA) is 106 Å². The zero-order chi connectivity index (χ0) is 32.7. The first-order valence-electron chi connectivity index (χ1n) is 14.4. The summed E-state index contributed by atoms with van der Waals surface area (Å²) in [5, 5.41) is 17.0. The van der Waals surface area contributed by atoms with E-state index < -0.39 is 6.36 Å². The predicted octanol–water partition coefficient (Wildman–Crippen LogP) is 6.87. The number of thioether (sulfide) groups is 1. The second kappa shape index (κ2) is 14.6. The Labute approximate surface area is 268 Å². The highest BCUT2D eigenvalue weighted by molar-refractivity contribution is 8.15. The lowest BCUT2D eigenvalue weighted by molar-refractivity contribution is -0.274. The van der Waals surface area contributed by atoms with Crippen LogP contribution < -0.4 is 15.0 Å². The van der Waals surface area contributed by atoms with E-state index in [1.807, 2.05) is 48.5 Å². The molecule has 0 saturated carbocycles. The van der Waals surface area contributed by atoms with Gasteiger partial charge in [0.2, 0.25) is 11.9 Å². The fourth-order valence-electron chi connectivity index (χ4n) is 4.65. The summed E-state index contributed by atoms with van der Waals surface area (Å²) in [5.74, 6) is 0.989. The molecular weight excluding hydrogens is 619 g/mol. The maximum absolute atomic E-state index is 12.7. The second-order valence-electron chi connectivity index (χ2n) is 10.5. The highest BCUT2D eigenvalue weighted by Crippen LogP contribution is 2.33. The van der Waals surface area contributed by atoms with Crippen LogP contribution in [0.4, 0.5) is 24.8 Å². The number of anilines is 2. The maximum Gasteiger partial charge on any atom is 0.573 e. The Morgan fingerprint density at radius 3 is 2.50 bits per heavy atom. The lowest BCUT2D eigenvalue weighted by Gasteiger charge is -2.20. The average molecular weight is 652 g/mol. The third-order valence-corrected chi connectivity index (χ3v) is 7.73. The van der Waals surface area contributed by atoms with Gasteiger partial charge in [-0.2, -0.15) is 14.8 Å². The zero-order valence-corrected chi connectivity index (χ0v) is 26.2. The van der Waals surface area contributed by atoms with Crippen LogP contribution in [0.5, 0.6) is 5.75 Å². The number of carbonyl (C=O) groups is 1. The van der Waals surface area contributed by atoms with E-state index in [1.165, 1.54) is 40.7 Å². The number of methoxy groups -OCH3 is 1. The fraction of sp³-hybridized carbons (Fsp3) is 0.281. The van der Waals surface area contributed by atoms with Crippen molar-refractivity contribution in [3.63, 3.8) is 0 Å². The monoisotopic (exact) mass is 651 g/mol. The van der Waals surface area contributed by atoms with Gasteiger partial charge in [0.15, 0.2) is 11.0 Å². The number of alkyl halides is 3. The van der Waals surface area contributed by atoms with Gasteiger partial charge in [-0.1, -0.05) is 68.1 Å². The van der Waals surface area contributed by atoms with Gasteiger partial charge in [-0.25, -0.2) is 0 Å². The van der Waals surface area contributed by atoms with Gasteiger partial charge in [0.05, 0.1) is 23.3 Å². The van der Waals surface area contributed by atoms with E-state index in [-0.39, 0.29) is 17.6 Å². The first-order valence-corrected chi connectivity index (χ1v) is 15.4. The van der Waals surface area contributed by atoms with Crippen molar-refractivity contribution < 1.29 is 27.4 Å². The molecule has 14 heteroatoms. The molecule has 0 spiro atoms. The Kier molecular flexibility index (Phi) is 10.4. The van der Waals surface area contributed by atoms with Gasteiger partial charge in [0.25, 0.3) is 0 Å². The Morgan fingerprint density at radius 1 is 1.07 bits per heavy atom. The zero-order valence-electron chi connectivity index (χ0n) is 25.4.